The highest BCUT2D eigenvalue weighted by Crippen LogP contribution is 2.22. The van der Waals surface area contributed by atoms with Gasteiger partial charge in [0.1, 0.15) is 10.7 Å². The van der Waals surface area contributed by atoms with Gasteiger partial charge >= 0.3 is 0 Å². The largest absolute Gasteiger partial charge is 0.395 e. The van der Waals surface area contributed by atoms with E-state index in [1.54, 1.807) is 0 Å². The summed E-state index contributed by atoms with van der Waals surface area (Å²) in [6, 6.07) is 3.20. The molecular weight excluding hydrogens is 285 g/mol. The second-order valence-electron chi connectivity index (χ2n) is 3.43. The SMILES string of the molecule is O=S(=O)(c1ccc(Cl)cc1F)N(CCO)CCO. The Morgan fingerprint density at radius 3 is 2.22 bits per heavy atom. The Bertz CT molecular complexity index is 503. The second kappa shape index (κ2) is 6.44. The van der Waals surface area contributed by atoms with Crippen LogP contribution in [-0.4, -0.2) is 49.2 Å². The molecule has 1 rings (SSSR count). The third kappa shape index (κ3) is 3.39. The average molecular weight is 298 g/mol. The zero-order chi connectivity index (χ0) is 13.8. The molecule has 0 fully saturated rings. The van der Waals surface area contributed by atoms with Gasteiger partial charge in [-0.3, -0.25) is 0 Å². The Labute approximate surface area is 109 Å². The predicted octanol–water partition coefficient (Wildman–Crippen LogP) is 0.454. The van der Waals surface area contributed by atoms with Crippen LogP contribution in [0.3, 0.4) is 0 Å². The normalized spacial score (nSPS) is 12.1. The number of aliphatic hydroxyl groups excluding tert-OH is 2. The van der Waals surface area contributed by atoms with E-state index in [2.05, 4.69) is 0 Å². The van der Waals surface area contributed by atoms with Gasteiger partial charge < -0.3 is 10.2 Å². The molecule has 0 aromatic heterocycles. The van der Waals surface area contributed by atoms with Gasteiger partial charge in [0.05, 0.1) is 13.2 Å². The van der Waals surface area contributed by atoms with Gasteiger partial charge in [0, 0.05) is 18.1 Å². The minimum absolute atomic E-state index is 0.0855. The third-order valence-corrected chi connectivity index (χ3v) is 4.38. The number of aliphatic hydroxyl groups is 2. The van der Waals surface area contributed by atoms with Gasteiger partial charge in [-0.15, -0.1) is 0 Å². The molecule has 5 nitrogen and oxygen atoms in total. The number of rotatable bonds is 6. The number of hydrogen-bond acceptors (Lipinski definition) is 4. The van der Waals surface area contributed by atoms with Crippen molar-refractivity contribution in [2.24, 2.45) is 0 Å². The Balaban J connectivity index is 3.17. The Morgan fingerprint density at radius 1 is 1.22 bits per heavy atom. The van der Waals surface area contributed by atoms with Crippen LogP contribution in [0.4, 0.5) is 4.39 Å². The summed E-state index contributed by atoms with van der Waals surface area (Å²) in [4.78, 5) is -0.534. The van der Waals surface area contributed by atoms with Gasteiger partial charge in [-0.25, -0.2) is 12.8 Å². The van der Waals surface area contributed by atoms with Crippen LogP contribution in [0.2, 0.25) is 5.02 Å². The molecule has 0 amide bonds. The maximum absolute atomic E-state index is 13.6. The smallest absolute Gasteiger partial charge is 0.246 e. The van der Waals surface area contributed by atoms with Crippen molar-refractivity contribution in [2.45, 2.75) is 4.90 Å². The monoisotopic (exact) mass is 297 g/mol. The van der Waals surface area contributed by atoms with Gasteiger partial charge in [0.15, 0.2) is 0 Å². The molecule has 0 saturated carbocycles. The molecule has 1 aromatic carbocycles. The Kier molecular flexibility index (Phi) is 5.48. The molecule has 18 heavy (non-hydrogen) atoms. The molecule has 0 atom stereocenters. The number of nitrogens with zero attached hydrogens (tertiary/aromatic N) is 1. The van der Waals surface area contributed by atoms with Crippen molar-refractivity contribution in [3.8, 4) is 0 Å². The van der Waals surface area contributed by atoms with Crippen LogP contribution >= 0.6 is 11.6 Å². The van der Waals surface area contributed by atoms with Crippen molar-refractivity contribution in [3.05, 3.63) is 29.0 Å². The molecule has 8 heteroatoms. The standard InChI is InChI=1S/C10H13ClFNO4S/c11-8-1-2-10(9(12)7-8)18(16,17)13(3-5-14)4-6-15/h1-2,7,14-15H,3-6H2. The van der Waals surface area contributed by atoms with Crippen molar-refractivity contribution in [2.75, 3.05) is 26.3 Å². The summed E-state index contributed by atoms with van der Waals surface area (Å²) in [5.41, 5.74) is 0. The summed E-state index contributed by atoms with van der Waals surface area (Å²) in [7, 11) is -4.09. The van der Waals surface area contributed by atoms with Crippen molar-refractivity contribution >= 4 is 21.6 Å². The summed E-state index contributed by atoms with van der Waals surface area (Å²) >= 11 is 5.54. The van der Waals surface area contributed by atoms with E-state index in [4.69, 9.17) is 21.8 Å². The maximum Gasteiger partial charge on any atom is 0.246 e. The van der Waals surface area contributed by atoms with E-state index in [1.807, 2.05) is 0 Å². The molecule has 0 bridgehead atoms. The zero-order valence-electron chi connectivity index (χ0n) is 9.38. The van der Waals surface area contributed by atoms with E-state index in [0.29, 0.717) is 0 Å². The van der Waals surface area contributed by atoms with E-state index in [1.165, 1.54) is 6.07 Å². The summed E-state index contributed by atoms with van der Waals surface area (Å²) in [5, 5.41) is 17.7. The minimum atomic E-state index is -4.09. The van der Waals surface area contributed by atoms with E-state index in [0.717, 1.165) is 16.4 Å². The zero-order valence-corrected chi connectivity index (χ0v) is 11.0. The number of halogens is 2. The maximum atomic E-state index is 13.6. The molecule has 1 aromatic rings. The van der Waals surface area contributed by atoms with Crippen LogP contribution in [0.1, 0.15) is 0 Å². The lowest BCUT2D eigenvalue weighted by atomic mass is 10.3. The molecule has 0 saturated heterocycles. The summed E-state index contributed by atoms with van der Waals surface area (Å²) < 4.78 is 38.5. The highest BCUT2D eigenvalue weighted by Gasteiger charge is 2.26. The summed E-state index contributed by atoms with van der Waals surface area (Å²) in [6.45, 7) is -1.28. The fourth-order valence-electron chi connectivity index (χ4n) is 1.40. The first-order valence-corrected chi connectivity index (χ1v) is 6.92. The van der Waals surface area contributed by atoms with Crippen molar-refractivity contribution < 1.29 is 23.0 Å². The number of benzene rings is 1. The van der Waals surface area contributed by atoms with Crippen molar-refractivity contribution in [1.82, 2.24) is 4.31 Å². The molecule has 0 unspecified atom stereocenters. The average Bonchev–Trinajstić information content (AvgIpc) is 2.28. The van der Waals surface area contributed by atoms with E-state index in [9.17, 15) is 12.8 Å². The number of sulfonamides is 1. The molecule has 0 aliphatic rings. The van der Waals surface area contributed by atoms with Crippen LogP contribution in [0, 0.1) is 5.82 Å². The molecule has 0 aliphatic carbocycles. The lowest BCUT2D eigenvalue weighted by Gasteiger charge is -2.20. The summed E-state index contributed by atoms with van der Waals surface area (Å²) in [6.07, 6.45) is 0. The highest BCUT2D eigenvalue weighted by molar-refractivity contribution is 7.89. The molecule has 0 aliphatic heterocycles. The first-order chi connectivity index (χ1) is 8.43. The predicted molar refractivity (Wildman–Crippen MR) is 64.3 cm³/mol. The topological polar surface area (TPSA) is 77.8 Å². The van der Waals surface area contributed by atoms with E-state index in [-0.39, 0.29) is 18.1 Å². The quantitative estimate of drug-likeness (QED) is 0.799. The van der Waals surface area contributed by atoms with E-state index < -0.39 is 33.9 Å². The van der Waals surface area contributed by atoms with Crippen molar-refractivity contribution in [1.29, 1.82) is 0 Å². The second-order valence-corrected chi connectivity index (χ2v) is 5.77. The van der Waals surface area contributed by atoms with Crippen LogP contribution in [-0.2, 0) is 10.0 Å². The lowest BCUT2D eigenvalue weighted by Crippen LogP contribution is -2.36. The first-order valence-electron chi connectivity index (χ1n) is 5.10. The number of hydrogen-bond donors (Lipinski definition) is 2. The molecule has 0 heterocycles. The molecule has 102 valence electrons. The van der Waals surface area contributed by atoms with Crippen LogP contribution in [0.15, 0.2) is 23.1 Å². The fraction of sp³-hybridized carbons (Fsp3) is 0.400. The van der Waals surface area contributed by atoms with Crippen LogP contribution in [0.5, 0.6) is 0 Å². The van der Waals surface area contributed by atoms with Crippen LogP contribution in [0.25, 0.3) is 0 Å². The van der Waals surface area contributed by atoms with E-state index >= 15 is 0 Å². The summed E-state index contributed by atoms with van der Waals surface area (Å²) in [5.74, 6) is -0.969. The van der Waals surface area contributed by atoms with Crippen molar-refractivity contribution in [3.63, 3.8) is 0 Å². The van der Waals surface area contributed by atoms with Gasteiger partial charge in [0.2, 0.25) is 10.0 Å². The Hall–Kier alpha value is -0.730. The third-order valence-electron chi connectivity index (χ3n) is 2.21. The Morgan fingerprint density at radius 2 is 1.78 bits per heavy atom. The van der Waals surface area contributed by atoms with Gasteiger partial charge in [0.25, 0.3) is 0 Å². The molecular formula is C10H13ClFNO4S. The first kappa shape index (κ1) is 15.3. The van der Waals surface area contributed by atoms with Crippen LogP contribution < -0.4 is 0 Å². The lowest BCUT2D eigenvalue weighted by molar-refractivity contribution is 0.217. The highest BCUT2D eigenvalue weighted by atomic mass is 35.5. The van der Waals surface area contributed by atoms with Gasteiger partial charge in [-0.2, -0.15) is 4.31 Å². The van der Waals surface area contributed by atoms with Gasteiger partial charge in [-0.1, -0.05) is 11.6 Å². The fourth-order valence-corrected chi connectivity index (χ4v) is 3.03. The molecule has 0 spiro atoms. The molecule has 0 radical (unpaired) electrons. The minimum Gasteiger partial charge on any atom is -0.395 e. The van der Waals surface area contributed by atoms with Gasteiger partial charge in [-0.05, 0) is 18.2 Å². The molecule has 2 N–H and O–H groups in total.